The number of anilines is 1. The number of aryl methyl sites for hydroxylation is 1. The van der Waals surface area contributed by atoms with Crippen LogP contribution in [0.4, 0.5) is 5.69 Å². The first-order valence-corrected chi connectivity index (χ1v) is 5.82. The number of hydrogen-bond acceptors (Lipinski definition) is 2. The molecule has 2 aromatic rings. The van der Waals surface area contributed by atoms with Crippen LogP contribution in [0.2, 0.25) is 0 Å². The summed E-state index contributed by atoms with van der Waals surface area (Å²) in [5.74, 6) is -0.766. The standard InChI is InChI=1S/C15H15NO2/c16-14-8-6-13(7-9-14)12-4-1-11(2-5-12)3-10-15(17)18/h1-2,4-9H,3,10,16H2,(H,17,18). The highest BCUT2D eigenvalue weighted by Crippen LogP contribution is 2.21. The van der Waals surface area contributed by atoms with Crippen molar-refractivity contribution in [2.75, 3.05) is 5.73 Å². The van der Waals surface area contributed by atoms with Crippen LogP contribution in [-0.2, 0) is 11.2 Å². The molecule has 0 heterocycles. The Morgan fingerprint density at radius 1 is 0.944 bits per heavy atom. The number of nitrogen functional groups attached to an aromatic ring is 1. The maximum absolute atomic E-state index is 10.5. The van der Waals surface area contributed by atoms with Crippen molar-refractivity contribution in [2.24, 2.45) is 0 Å². The van der Waals surface area contributed by atoms with Crippen molar-refractivity contribution in [3.8, 4) is 11.1 Å². The van der Waals surface area contributed by atoms with E-state index in [4.69, 9.17) is 10.8 Å². The summed E-state index contributed by atoms with van der Waals surface area (Å²) in [5, 5.41) is 8.62. The van der Waals surface area contributed by atoms with Crippen molar-refractivity contribution in [3.63, 3.8) is 0 Å². The minimum absolute atomic E-state index is 0.168. The summed E-state index contributed by atoms with van der Waals surface area (Å²) in [5.41, 5.74) is 9.64. The van der Waals surface area contributed by atoms with Gasteiger partial charge in [0.1, 0.15) is 0 Å². The van der Waals surface area contributed by atoms with E-state index in [-0.39, 0.29) is 6.42 Å². The van der Waals surface area contributed by atoms with E-state index in [2.05, 4.69) is 0 Å². The number of hydrogen-bond donors (Lipinski definition) is 2. The van der Waals surface area contributed by atoms with Crippen molar-refractivity contribution in [2.45, 2.75) is 12.8 Å². The van der Waals surface area contributed by atoms with Gasteiger partial charge in [0, 0.05) is 12.1 Å². The van der Waals surface area contributed by atoms with Crippen LogP contribution in [0.5, 0.6) is 0 Å². The lowest BCUT2D eigenvalue weighted by Gasteiger charge is -2.04. The van der Waals surface area contributed by atoms with Crippen LogP contribution in [0.1, 0.15) is 12.0 Å². The van der Waals surface area contributed by atoms with E-state index < -0.39 is 5.97 Å². The zero-order chi connectivity index (χ0) is 13.0. The molecule has 0 aliphatic heterocycles. The Labute approximate surface area is 106 Å². The molecule has 0 fully saturated rings. The molecule has 18 heavy (non-hydrogen) atoms. The lowest BCUT2D eigenvalue weighted by Crippen LogP contribution is -1.97. The van der Waals surface area contributed by atoms with Crippen LogP contribution in [0.3, 0.4) is 0 Å². The smallest absolute Gasteiger partial charge is 0.303 e. The molecule has 0 atom stereocenters. The van der Waals surface area contributed by atoms with Gasteiger partial charge < -0.3 is 10.8 Å². The normalized spacial score (nSPS) is 10.2. The minimum atomic E-state index is -0.766. The number of carboxylic acid groups (broad SMARTS) is 1. The van der Waals surface area contributed by atoms with Gasteiger partial charge in [0.05, 0.1) is 0 Å². The van der Waals surface area contributed by atoms with Gasteiger partial charge in [-0.3, -0.25) is 4.79 Å². The largest absolute Gasteiger partial charge is 0.481 e. The highest BCUT2D eigenvalue weighted by atomic mass is 16.4. The van der Waals surface area contributed by atoms with E-state index in [0.29, 0.717) is 6.42 Å². The highest BCUT2D eigenvalue weighted by molar-refractivity contribution is 5.68. The van der Waals surface area contributed by atoms with Gasteiger partial charge in [-0.2, -0.15) is 0 Å². The lowest BCUT2D eigenvalue weighted by molar-refractivity contribution is -0.136. The van der Waals surface area contributed by atoms with E-state index >= 15 is 0 Å². The number of carboxylic acids is 1. The number of rotatable bonds is 4. The molecule has 3 N–H and O–H groups in total. The fraction of sp³-hybridized carbons (Fsp3) is 0.133. The van der Waals surface area contributed by atoms with Crippen molar-refractivity contribution >= 4 is 11.7 Å². The second-order valence-electron chi connectivity index (χ2n) is 4.21. The molecule has 0 amide bonds. The quantitative estimate of drug-likeness (QED) is 0.809. The Morgan fingerprint density at radius 2 is 1.44 bits per heavy atom. The van der Waals surface area contributed by atoms with Crippen LogP contribution in [0, 0.1) is 0 Å². The summed E-state index contributed by atoms with van der Waals surface area (Å²) in [6, 6.07) is 15.6. The fourth-order valence-electron chi connectivity index (χ4n) is 1.79. The van der Waals surface area contributed by atoms with Crippen molar-refractivity contribution < 1.29 is 9.90 Å². The molecule has 0 saturated heterocycles. The average Bonchev–Trinajstić information content (AvgIpc) is 2.38. The van der Waals surface area contributed by atoms with E-state index in [1.807, 2.05) is 48.5 Å². The Bertz CT molecular complexity index is 529. The molecule has 2 aromatic carbocycles. The molecule has 0 bridgehead atoms. The predicted octanol–water partition coefficient (Wildman–Crippen LogP) is 2.95. The second-order valence-corrected chi connectivity index (χ2v) is 4.21. The SMILES string of the molecule is Nc1ccc(-c2ccc(CCC(=O)O)cc2)cc1. The molecule has 0 aliphatic rings. The molecule has 0 aliphatic carbocycles. The molecule has 0 saturated carbocycles. The fourth-order valence-corrected chi connectivity index (χ4v) is 1.79. The van der Waals surface area contributed by atoms with Gasteiger partial charge in [0.2, 0.25) is 0 Å². The Hall–Kier alpha value is -2.29. The zero-order valence-electron chi connectivity index (χ0n) is 9.97. The number of aliphatic carboxylic acids is 1. The lowest BCUT2D eigenvalue weighted by atomic mass is 10.0. The van der Waals surface area contributed by atoms with Gasteiger partial charge in [-0.25, -0.2) is 0 Å². The van der Waals surface area contributed by atoms with Crippen LogP contribution in [-0.4, -0.2) is 11.1 Å². The minimum Gasteiger partial charge on any atom is -0.481 e. The highest BCUT2D eigenvalue weighted by Gasteiger charge is 2.01. The number of nitrogens with two attached hydrogens (primary N) is 1. The first kappa shape index (κ1) is 12.2. The molecule has 3 nitrogen and oxygen atoms in total. The summed E-state index contributed by atoms with van der Waals surface area (Å²) in [6.07, 6.45) is 0.735. The maximum Gasteiger partial charge on any atom is 0.303 e. The Kier molecular flexibility index (Phi) is 3.63. The average molecular weight is 241 g/mol. The van der Waals surface area contributed by atoms with Gasteiger partial charge in [0.25, 0.3) is 0 Å². The van der Waals surface area contributed by atoms with Crippen molar-refractivity contribution in [1.29, 1.82) is 0 Å². The summed E-state index contributed by atoms with van der Waals surface area (Å²) >= 11 is 0. The monoisotopic (exact) mass is 241 g/mol. The van der Waals surface area contributed by atoms with Gasteiger partial charge in [-0.05, 0) is 35.2 Å². The van der Waals surface area contributed by atoms with Gasteiger partial charge in [-0.15, -0.1) is 0 Å². The zero-order valence-corrected chi connectivity index (χ0v) is 9.97. The third-order valence-electron chi connectivity index (χ3n) is 2.83. The molecule has 0 radical (unpaired) electrons. The van der Waals surface area contributed by atoms with E-state index in [1.165, 1.54) is 0 Å². The second kappa shape index (κ2) is 5.36. The van der Waals surface area contributed by atoms with Crippen molar-refractivity contribution in [1.82, 2.24) is 0 Å². The third-order valence-corrected chi connectivity index (χ3v) is 2.83. The van der Waals surface area contributed by atoms with E-state index in [9.17, 15) is 4.79 Å². The van der Waals surface area contributed by atoms with Crippen LogP contribution >= 0.6 is 0 Å². The van der Waals surface area contributed by atoms with Crippen LogP contribution in [0.15, 0.2) is 48.5 Å². The Balaban J connectivity index is 2.12. The first-order valence-electron chi connectivity index (χ1n) is 5.82. The van der Waals surface area contributed by atoms with Crippen LogP contribution in [0.25, 0.3) is 11.1 Å². The van der Waals surface area contributed by atoms with Gasteiger partial charge in [-0.1, -0.05) is 36.4 Å². The Morgan fingerprint density at radius 3 is 1.94 bits per heavy atom. The summed E-state index contributed by atoms with van der Waals surface area (Å²) in [7, 11) is 0. The molecule has 0 aromatic heterocycles. The molecular formula is C15H15NO2. The van der Waals surface area contributed by atoms with E-state index in [1.54, 1.807) is 0 Å². The molecule has 3 heteroatoms. The number of benzene rings is 2. The molecular weight excluding hydrogens is 226 g/mol. The summed E-state index contributed by atoms with van der Waals surface area (Å²) in [6.45, 7) is 0. The molecule has 0 spiro atoms. The molecule has 92 valence electrons. The third kappa shape index (κ3) is 3.10. The van der Waals surface area contributed by atoms with Crippen LogP contribution < -0.4 is 5.73 Å². The summed E-state index contributed by atoms with van der Waals surface area (Å²) in [4.78, 5) is 10.5. The van der Waals surface area contributed by atoms with Crippen molar-refractivity contribution in [3.05, 3.63) is 54.1 Å². The number of carbonyl (C=O) groups is 1. The predicted molar refractivity (Wildman–Crippen MR) is 72.2 cm³/mol. The molecule has 2 rings (SSSR count). The summed E-state index contributed by atoms with van der Waals surface area (Å²) < 4.78 is 0. The topological polar surface area (TPSA) is 63.3 Å². The van der Waals surface area contributed by atoms with Gasteiger partial charge >= 0.3 is 5.97 Å². The first-order chi connectivity index (χ1) is 8.65. The molecule has 0 unspecified atom stereocenters. The maximum atomic E-state index is 10.5. The van der Waals surface area contributed by atoms with Gasteiger partial charge in [0.15, 0.2) is 0 Å². The van der Waals surface area contributed by atoms with E-state index in [0.717, 1.165) is 22.4 Å².